The Bertz CT molecular complexity index is 443. The van der Waals surface area contributed by atoms with Crippen LogP contribution in [0, 0.1) is 11.8 Å². The van der Waals surface area contributed by atoms with Crippen molar-refractivity contribution in [2.24, 2.45) is 5.73 Å². The fourth-order valence-corrected chi connectivity index (χ4v) is 1.12. The molecule has 0 aliphatic heterocycles. The summed E-state index contributed by atoms with van der Waals surface area (Å²) in [5.74, 6) is 4.99. The molecule has 1 rings (SSSR count). The second-order valence-electron chi connectivity index (χ2n) is 3.06. The summed E-state index contributed by atoms with van der Waals surface area (Å²) in [6, 6.07) is 4.54. The SMILES string of the molecule is COC(=O)c1cc(C#CCCN)ccc1O. The smallest absolute Gasteiger partial charge is 0.341 e. The van der Waals surface area contributed by atoms with E-state index in [2.05, 4.69) is 16.6 Å². The molecule has 0 amide bonds. The molecule has 0 unspecified atom stereocenters. The van der Waals surface area contributed by atoms with Crippen LogP contribution in [-0.2, 0) is 4.74 Å². The number of carbonyl (C=O) groups is 1. The molecule has 0 fully saturated rings. The van der Waals surface area contributed by atoms with Gasteiger partial charge in [-0.2, -0.15) is 0 Å². The molecule has 4 nitrogen and oxygen atoms in total. The van der Waals surface area contributed by atoms with Gasteiger partial charge in [0.2, 0.25) is 0 Å². The van der Waals surface area contributed by atoms with Crippen LogP contribution in [0.5, 0.6) is 5.75 Å². The molecule has 16 heavy (non-hydrogen) atoms. The number of methoxy groups -OCH3 is 1. The molecule has 1 aromatic carbocycles. The van der Waals surface area contributed by atoms with Crippen molar-refractivity contribution in [3.05, 3.63) is 29.3 Å². The van der Waals surface area contributed by atoms with Gasteiger partial charge in [-0.15, -0.1) is 0 Å². The van der Waals surface area contributed by atoms with E-state index in [1.807, 2.05) is 0 Å². The van der Waals surface area contributed by atoms with E-state index in [0.717, 1.165) is 0 Å². The first-order valence-corrected chi connectivity index (χ1v) is 4.79. The van der Waals surface area contributed by atoms with Crippen molar-refractivity contribution in [2.45, 2.75) is 6.42 Å². The Morgan fingerprint density at radius 3 is 2.94 bits per heavy atom. The quantitative estimate of drug-likeness (QED) is 0.572. The van der Waals surface area contributed by atoms with Gasteiger partial charge in [-0.1, -0.05) is 11.8 Å². The number of hydrogen-bond acceptors (Lipinski definition) is 4. The molecule has 1 aromatic rings. The lowest BCUT2D eigenvalue weighted by molar-refractivity contribution is 0.0597. The van der Waals surface area contributed by atoms with Crippen LogP contribution in [0.1, 0.15) is 22.3 Å². The minimum atomic E-state index is -0.583. The van der Waals surface area contributed by atoms with Crippen molar-refractivity contribution in [2.75, 3.05) is 13.7 Å². The molecule has 0 saturated carbocycles. The van der Waals surface area contributed by atoms with Gasteiger partial charge in [0.1, 0.15) is 11.3 Å². The molecule has 0 heterocycles. The van der Waals surface area contributed by atoms with Crippen molar-refractivity contribution in [1.29, 1.82) is 0 Å². The van der Waals surface area contributed by atoms with Crippen LogP contribution in [0.2, 0.25) is 0 Å². The summed E-state index contributed by atoms with van der Waals surface area (Å²) in [5.41, 5.74) is 6.06. The predicted octanol–water partition coefficient (Wildman–Crippen LogP) is 0.879. The number of aromatic hydroxyl groups is 1. The number of ether oxygens (including phenoxy) is 1. The Labute approximate surface area is 94.0 Å². The van der Waals surface area contributed by atoms with E-state index in [-0.39, 0.29) is 11.3 Å². The lowest BCUT2D eigenvalue weighted by atomic mass is 10.1. The van der Waals surface area contributed by atoms with Gasteiger partial charge in [0.15, 0.2) is 0 Å². The third kappa shape index (κ3) is 3.01. The molecule has 4 heteroatoms. The van der Waals surface area contributed by atoms with Crippen molar-refractivity contribution in [3.63, 3.8) is 0 Å². The number of benzene rings is 1. The van der Waals surface area contributed by atoms with E-state index in [4.69, 9.17) is 5.73 Å². The first-order chi connectivity index (χ1) is 7.69. The summed E-state index contributed by atoms with van der Waals surface area (Å²) in [6.07, 6.45) is 0.592. The summed E-state index contributed by atoms with van der Waals surface area (Å²) in [6.45, 7) is 0.495. The van der Waals surface area contributed by atoms with E-state index in [9.17, 15) is 9.90 Å². The van der Waals surface area contributed by atoms with Gasteiger partial charge in [0.25, 0.3) is 0 Å². The molecule has 0 radical (unpaired) electrons. The highest BCUT2D eigenvalue weighted by atomic mass is 16.5. The van der Waals surface area contributed by atoms with Crippen LogP contribution in [0.3, 0.4) is 0 Å². The van der Waals surface area contributed by atoms with Crippen molar-refractivity contribution < 1.29 is 14.6 Å². The van der Waals surface area contributed by atoms with E-state index >= 15 is 0 Å². The maximum absolute atomic E-state index is 11.3. The Morgan fingerprint density at radius 1 is 1.56 bits per heavy atom. The van der Waals surface area contributed by atoms with Gasteiger partial charge in [0, 0.05) is 18.5 Å². The van der Waals surface area contributed by atoms with Crippen LogP contribution in [0.25, 0.3) is 0 Å². The number of esters is 1. The average molecular weight is 219 g/mol. The van der Waals surface area contributed by atoms with Gasteiger partial charge in [-0.25, -0.2) is 4.79 Å². The molecular formula is C12H13NO3. The minimum Gasteiger partial charge on any atom is -0.507 e. The zero-order chi connectivity index (χ0) is 12.0. The number of carbonyl (C=O) groups excluding carboxylic acids is 1. The highest BCUT2D eigenvalue weighted by Gasteiger charge is 2.11. The third-order valence-corrected chi connectivity index (χ3v) is 1.90. The first kappa shape index (κ1) is 12.1. The molecule has 0 aromatic heterocycles. The van der Waals surface area contributed by atoms with Crippen molar-refractivity contribution in [3.8, 4) is 17.6 Å². The zero-order valence-corrected chi connectivity index (χ0v) is 8.99. The second kappa shape index (κ2) is 5.79. The summed E-state index contributed by atoms with van der Waals surface area (Å²) in [7, 11) is 1.26. The van der Waals surface area contributed by atoms with Gasteiger partial charge in [0.05, 0.1) is 7.11 Å². The normalized spacial score (nSPS) is 9.12. The highest BCUT2D eigenvalue weighted by Crippen LogP contribution is 2.18. The van der Waals surface area contributed by atoms with Crippen molar-refractivity contribution >= 4 is 5.97 Å². The summed E-state index contributed by atoms with van der Waals surface area (Å²) >= 11 is 0. The lowest BCUT2D eigenvalue weighted by Gasteiger charge is -2.02. The fourth-order valence-electron chi connectivity index (χ4n) is 1.12. The van der Waals surface area contributed by atoms with Crippen LogP contribution in [-0.4, -0.2) is 24.7 Å². The van der Waals surface area contributed by atoms with E-state index in [1.54, 1.807) is 6.07 Å². The summed E-state index contributed by atoms with van der Waals surface area (Å²) < 4.78 is 4.53. The van der Waals surface area contributed by atoms with Crippen LogP contribution in [0.4, 0.5) is 0 Å². The zero-order valence-electron chi connectivity index (χ0n) is 8.99. The fraction of sp³-hybridized carbons (Fsp3) is 0.250. The van der Waals surface area contributed by atoms with E-state index < -0.39 is 5.97 Å². The van der Waals surface area contributed by atoms with Gasteiger partial charge >= 0.3 is 5.97 Å². The maximum Gasteiger partial charge on any atom is 0.341 e. The lowest BCUT2D eigenvalue weighted by Crippen LogP contribution is -2.01. The van der Waals surface area contributed by atoms with Gasteiger partial charge in [-0.3, -0.25) is 0 Å². The summed E-state index contributed by atoms with van der Waals surface area (Å²) in [4.78, 5) is 11.3. The number of phenols is 1. The minimum absolute atomic E-state index is 0.113. The molecule has 0 aliphatic rings. The molecule has 84 valence electrons. The topological polar surface area (TPSA) is 72.5 Å². The molecule has 0 atom stereocenters. The highest BCUT2D eigenvalue weighted by molar-refractivity contribution is 5.92. The average Bonchev–Trinajstić information content (AvgIpc) is 2.30. The first-order valence-electron chi connectivity index (χ1n) is 4.79. The molecule has 0 bridgehead atoms. The Hall–Kier alpha value is -1.99. The Morgan fingerprint density at radius 2 is 2.31 bits per heavy atom. The van der Waals surface area contributed by atoms with Crippen LogP contribution in [0.15, 0.2) is 18.2 Å². The number of hydrogen-bond donors (Lipinski definition) is 2. The molecular weight excluding hydrogens is 206 g/mol. The number of phenolic OH excluding ortho intramolecular Hbond substituents is 1. The molecule has 3 N–H and O–H groups in total. The van der Waals surface area contributed by atoms with E-state index in [0.29, 0.717) is 18.5 Å². The monoisotopic (exact) mass is 219 g/mol. The van der Waals surface area contributed by atoms with Gasteiger partial charge in [-0.05, 0) is 18.2 Å². The Kier molecular flexibility index (Phi) is 4.37. The van der Waals surface area contributed by atoms with Crippen molar-refractivity contribution in [1.82, 2.24) is 0 Å². The maximum atomic E-state index is 11.3. The Balaban J connectivity index is 2.99. The molecule has 0 saturated heterocycles. The summed E-state index contributed by atoms with van der Waals surface area (Å²) in [5, 5.41) is 9.44. The van der Waals surface area contributed by atoms with Crippen LogP contribution >= 0.6 is 0 Å². The predicted molar refractivity (Wildman–Crippen MR) is 60.0 cm³/mol. The third-order valence-electron chi connectivity index (χ3n) is 1.90. The second-order valence-corrected chi connectivity index (χ2v) is 3.06. The number of rotatable bonds is 2. The van der Waals surface area contributed by atoms with Crippen LogP contribution < -0.4 is 5.73 Å². The molecule has 0 aliphatic carbocycles. The van der Waals surface area contributed by atoms with Gasteiger partial charge < -0.3 is 15.6 Å². The molecule has 0 spiro atoms. The largest absolute Gasteiger partial charge is 0.507 e. The standard InChI is InChI=1S/C12H13NO3/c1-16-12(15)10-8-9(4-2-3-7-13)5-6-11(10)14/h5-6,8,14H,3,7,13H2,1H3. The van der Waals surface area contributed by atoms with E-state index in [1.165, 1.54) is 19.2 Å². The number of nitrogens with two attached hydrogens (primary N) is 1.